The van der Waals surface area contributed by atoms with Gasteiger partial charge in [-0.1, -0.05) is 0 Å². The molecule has 0 saturated carbocycles. The van der Waals surface area contributed by atoms with Gasteiger partial charge < -0.3 is 9.80 Å². The predicted octanol–water partition coefficient (Wildman–Crippen LogP) is 2.22. The highest BCUT2D eigenvalue weighted by molar-refractivity contribution is 7.90. The smallest absolute Gasteiger partial charge is 0.242 e. The highest BCUT2D eigenvalue weighted by atomic mass is 32.2. The van der Waals surface area contributed by atoms with Gasteiger partial charge in [0.25, 0.3) is 0 Å². The molecule has 8 heteroatoms. The number of amides is 1. The van der Waals surface area contributed by atoms with Crippen LogP contribution in [0.3, 0.4) is 0 Å². The van der Waals surface area contributed by atoms with Gasteiger partial charge in [-0.2, -0.15) is 0 Å². The molecule has 1 fully saturated rings. The van der Waals surface area contributed by atoms with Crippen LogP contribution in [0.5, 0.6) is 0 Å². The van der Waals surface area contributed by atoms with Crippen molar-refractivity contribution in [3.05, 3.63) is 59.7 Å². The summed E-state index contributed by atoms with van der Waals surface area (Å²) in [6.07, 6.45) is 1.13. The summed E-state index contributed by atoms with van der Waals surface area (Å²) in [7, 11) is -3.27. The van der Waals surface area contributed by atoms with E-state index in [0.29, 0.717) is 13.1 Å². The van der Waals surface area contributed by atoms with Crippen molar-refractivity contribution in [3.63, 3.8) is 0 Å². The van der Waals surface area contributed by atoms with Crippen LogP contribution in [-0.4, -0.2) is 45.1 Å². The fourth-order valence-corrected chi connectivity index (χ4v) is 3.50. The summed E-state index contributed by atoms with van der Waals surface area (Å²) in [5, 5.41) is 0. The van der Waals surface area contributed by atoms with E-state index in [1.807, 2.05) is 4.90 Å². The molecule has 1 aliphatic rings. The summed E-state index contributed by atoms with van der Waals surface area (Å²) in [4.78, 5) is 15.9. The standard InChI is InChI=1S/C18H18F2N2O3S/c1-26(24,25)16-5-3-15(4-6-16)21-8-9-22(18(23)12-21)11-13-10-14(19)2-7-17(13)20/h2-7,10H,8-9,11-12H2,1H3. The van der Waals surface area contributed by atoms with Crippen molar-refractivity contribution in [2.45, 2.75) is 11.4 Å². The average molecular weight is 380 g/mol. The molecule has 1 heterocycles. The van der Waals surface area contributed by atoms with Crippen molar-refractivity contribution in [3.8, 4) is 0 Å². The first-order chi connectivity index (χ1) is 12.2. The second kappa shape index (κ2) is 7.03. The van der Waals surface area contributed by atoms with Gasteiger partial charge in [0.05, 0.1) is 11.4 Å². The largest absolute Gasteiger partial charge is 0.360 e. The van der Waals surface area contributed by atoms with Crippen molar-refractivity contribution in [1.29, 1.82) is 0 Å². The molecule has 2 aromatic rings. The third kappa shape index (κ3) is 4.01. The van der Waals surface area contributed by atoms with Gasteiger partial charge in [-0.3, -0.25) is 4.79 Å². The zero-order chi connectivity index (χ0) is 18.9. The fourth-order valence-electron chi connectivity index (χ4n) is 2.87. The molecule has 0 aromatic heterocycles. The summed E-state index contributed by atoms with van der Waals surface area (Å²) < 4.78 is 50.1. The molecule has 1 amide bonds. The average Bonchev–Trinajstić information content (AvgIpc) is 2.59. The summed E-state index contributed by atoms with van der Waals surface area (Å²) in [5.74, 6) is -1.29. The minimum absolute atomic E-state index is 0.0171. The molecular weight excluding hydrogens is 362 g/mol. The number of hydrogen-bond acceptors (Lipinski definition) is 4. The Labute approximate surface area is 150 Å². The van der Waals surface area contributed by atoms with E-state index < -0.39 is 21.5 Å². The maximum atomic E-state index is 13.8. The third-order valence-corrected chi connectivity index (χ3v) is 5.45. The Balaban J connectivity index is 1.68. The van der Waals surface area contributed by atoms with Crippen LogP contribution >= 0.6 is 0 Å². The number of nitrogens with zero attached hydrogens (tertiary/aromatic N) is 2. The molecule has 0 aliphatic carbocycles. The fraction of sp³-hybridized carbons (Fsp3) is 0.278. The summed E-state index contributed by atoms with van der Waals surface area (Å²) in [6.45, 7) is 0.988. The number of benzene rings is 2. The Morgan fingerprint density at radius 1 is 1.04 bits per heavy atom. The van der Waals surface area contributed by atoms with Gasteiger partial charge >= 0.3 is 0 Å². The molecule has 2 aromatic carbocycles. The lowest BCUT2D eigenvalue weighted by Gasteiger charge is -2.35. The van der Waals surface area contributed by atoms with Crippen molar-refractivity contribution >= 4 is 21.4 Å². The van der Waals surface area contributed by atoms with Crippen LogP contribution in [0.4, 0.5) is 14.5 Å². The Hall–Kier alpha value is -2.48. The van der Waals surface area contributed by atoms with Crippen molar-refractivity contribution < 1.29 is 22.0 Å². The van der Waals surface area contributed by atoms with Crippen molar-refractivity contribution in [2.24, 2.45) is 0 Å². The van der Waals surface area contributed by atoms with Crippen LogP contribution < -0.4 is 4.90 Å². The zero-order valence-electron chi connectivity index (χ0n) is 14.2. The van der Waals surface area contributed by atoms with Gasteiger partial charge in [0.2, 0.25) is 5.91 Å². The van der Waals surface area contributed by atoms with Gasteiger partial charge in [0.1, 0.15) is 11.6 Å². The molecule has 5 nitrogen and oxygen atoms in total. The number of halogens is 2. The van der Waals surface area contributed by atoms with Crippen molar-refractivity contribution in [1.82, 2.24) is 4.90 Å². The lowest BCUT2D eigenvalue weighted by Crippen LogP contribution is -2.50. The van der Waals surface area contributed by atoms with Crippen LogP contribution in [-0.2, 0) is 21.2 Å². The molecule has 26 heavy (non-hydrogen) atoms. The highest BCUT2D eigenvalue weighted by Gasteiger charge is 2.25. The predicted molar refractivity (Wildman–Crippen MR) is 93.5 cm³/mol. The maximum Gasteiger partial charge on any atom is 0.242 e. The second-order valence-electron chi connectivity index (χ2n) is 6.24. The molecule has 0 N–H and O–H groups in total. The van der Waals surface area contributed by atoms with Gasteiger partial charge in [-0.25, -0.2) is 17.2 Å². The van der Waals surface area contributed by atoms with Gasteiger partial charge in [0, 0.05) is 37.1 Å². The number of sulfone groups is 1. The molecule has 0 radical (unpaired) electrons. The minimum atomic E-state index is -3.27. The highest BCUT2D eigenvalue weighted by Crippen LogP contribution is 2.21. The van der Waals surface area contributed by atoms with Gasteiger partial charge in [0.15, 0.2) is 9.84 Å². The number of carbonyl (C=O) groups excluding carboxylic acids is 1. The minimum Gasteiger partial charge on any atom is -0.360 e. The van der Waals surface area contributed by atoms with Crippen LogP contribution in [0.1, 0.15) is 5.56 Å². The molecule has 0 bridgehead atoms. The molecule has 0 spiro atoms. The molecule has 1 saturated heterocycles. The summed E-state index contributed by atoms with van der Waals surface area (Å²) in [6, 6.07) is 9.51. The van der Waals surface area contributed by atoms with Gasteiger partial charge in [-0.05, 0) is 42.5 Å². The number of piperazine rings is 1. The van der Waals surface area contributed by atoms with E-state index in [1.165, 1.54) is 17.0 Å². The van der Waals surface area contributed by atoms with Crippen LogP contribution in [0.15, 0.2) is 47.4 Å². The van der Waals surface area contributed by atoms with Crippen molar-refractivity contribution in [2.75, 3.05) is 30.8 Å². The normalized spacial score (nSPS) is 15.4. The molecule has 138 valence electrons. The van der Waals surface area contributed by atoms with Crippen LogP contribution in [0.2, 0.25) is 0 Å². The first kappa shape index (κ1) is 18.3. The van der Waals surface area contributed by atoms with E-state index in [0.717, 1.165) is 30.1 Å². The Morgan fingerprint density at radius 2 is 1.73 bits per heavy atom. The maximum absolute atomic E-state index is 13.8. The topological polar surface area (TPSA) is 57.7 Å². The number of carbonyl (C=O) groups is 1. The van der Waals surface area contributed by atoms with E-state index in [1.54, 1.807) is 12.1 Å². The lowest BCUT2D eigenvalue weighted by atomic mass is 10.1. The second-order valence-corrected chi connectivity index (χ2v) is 8.25. The first-order valence-electron chi connectivity index (χ1n) is 8.01. The molecular formula is C18H18F2N2O3S. The number of hydrogen-bond donors (Lipinski definition) is 0. The van der Waals surface area contributed by atoms with E-state index in [-0.39, 0.29) is 29.5 Å². The number of rotatable bonds is 4. The van der Waals surface area contributed by atoms with Crippen LogP contribution in [0, 0.1) is 11.6 Å². The summed E-state index contributed by atoms with van der Waals surface area (Å²) >= 11 is 0. The Bertz CT molecular complexity index is 930. The zero-order valence-corrected chi connectivity index (χ0v) is 15.0. The SMILES string of the molecule is CS(=O)(=O)c1ccc(N2CCN(Cc3cc(F)ccc3F)C(=O)C2)cc1. The summed E-state index contributed by atoms with van der Waals surface area (Å²) in [5.41, 5.74) is 0.881. The molecule has 1 aliphatic heterocycles. The number of anilines is 1. The van der Waals surface area contributed by atoms with E-state index in [2.05, 4.69) is 0 Å². The molecule has 3 rings (SSSR count). The molecule has 0 unspecified atom stereocenters. The quantitative estimate of drug-likeness (QED) is 0.816. The van der Waals surface area contributed by atoms with E-state index >= 15 is 0 Å². The third-order valence-electron chi connectivity index (χ3n) is 4.32. The lowest BCUT2D eigenvalue weighted by molar-refractivity contribution is -0.131. The van der Waals surface area contributed by atoms with E-state index in [4.69, 9.17) is 0 Å². The Morgan fingerprint density at radius 3 is 2.35 bits per heavy atom. The van der Waals surface area contributed by atoms with Gasteiger partial charge in [-0.15, -0.1) is 0 Å². The van der Waals surface area contributed by atoms with Crippen LogP contribution in [0.25, 0.3) is 0 Å². The monoisotopic (exact) mass is 380 g/mol. The van der Waals surface area contributed by atoms with E-state index in [9.17, 15) is 22.0 Å². The Kier molecular flexibility index (Phi) is 4.95. The molecule has 0 atom stereocenters. The first-order valence-corrected chi connectivity index (χ1v) is 9.90.